The van der Waals surface area contributed by atoms with Gasteiger partial charge in [0.25, 0.3) is 0 Å². The first kappa shape index (κ1) is 21.3. The standard InChI is InChI=1S/C22H30N2O5/c1-13(2)24-14(3)11-18(15(24)4)19(25)12-29-20(26)9-10-23-21(27)16-7-5-6-8-17(16)22(23)28/h11,13,16-17H,5-10,12H2,1-4H3/t16-,17+. The van der Waals surface area contributed by atoms with Crippen molar-refractivity contribution < 1.29 is 23.9 Å². The second kappa shape index (κ2) is 8.51. The van der Waals surface area contributed by atoms with Crippen molar-refractivity contribution in [3.63, 3.8) is 0 Å². The van der Waals surface area contributed by atoms with Gasteiger partial charge < -0.3 is 9.30 Å². The molecule has 0 unspecified atom stereocenters. The molecule has 1 saturated heterocycles. The summed E-state index contributed by atoms with van der Waals surface area (Å²) in [5.41, 5.74) is 2.40. The second-order valence-electron chi connectivity index (χ2n) is 8.41. The number of amides is 2. The molecule has 2 fully saturated rings. The Morgan fingerprint density at radius 3 is 2.21 bits per heavy atom. The zero-order chi connectivity index (χ0) is 21.3. The fourth-order valence-electron chi connectivity index (χ4n) is 4.80. The van der Waals surface area contributed by atoms with Crippen molar-refractivity contribution in [1.29, 1.82) is 0 Å². The van der Waals surface area contributed by atoms with Gasteiger partial charge in [-0.05, 0) is 46.6 Å². The van der Waals surface area contributed by atoms with E-state index in [0.29, 0.717) is 5.56 Å². The van der Waals surface area contributed by atoms with Crippen LogP contribution in [0.5, 0.6) is 0 Å². The fraction of sp³-hybridized carbons (Fsp3) is 0.636. The number of rotatable bonds is 7. The van der Waals surface area contributed by atoms with Gasteiger partial charge in [-0.3, -0.25) is 24.1 Å². The van der Waals surface area contributed by atoms with Gasteiger partial charge >= 0.3 is 5.97 Å². The molecule has 1 aromatic rings. The molecule has 0 N–H and O–H groups in total. The average Bonchev–Trinajstić information content (AvgIpc) is 3.12. The number of ketones is 1. The third-order valence-corrected chi connectivity index (χ3v) is 6.14. The molecule has 0 spiro atoms. The van der Waals surface area contributed by atoms with Gasteiger partial charge in [-0.2, -0.15) is 0 Å². The van der Waals surface area contributed by atoms with Gasteiger partial charge in [-0.25, -0.2) is 0 Å². The minimum atomic E-state index is -0.577. The zero-order valence-electron chi connectivity index (χ0n) is 17.7. The monoisotopic (exact) mass is 402 g/mol. The molecule has 0 radical (unpaired) electrons. The summed E-state index contributed by atoms with van der Waals surface area (Å²) < 4.78 is 7.19. The number of fused-ring (bicyclic) bond motifs is 1. The highest BCUT2D eigenvalue weighted by atomic mass is 16.5. The molecule has 1 aromatic heterocycles. The summed E-state index contributed by atoms with van der Waals surface area (Å²) in [6.45, 7) is 7.61. The Morgan fingerprint density at radius 1 is 1.10 bits per heavy atom. The maximum absolute atomic E-state index is 12.5. The van der Waals surface area contributed by atoms with E-state index >= 15 is 0 Å². The summed E-state index contributed by atoms with van der Waals surface area (Å²) in [5.74, 6) is -1.59. The number of imide groups is 1. The highest BCUT2D eigenvalue weighted by molar-refractivity contribution is 6.05. The Balaban J connectivity index is 1.52. The van der Waals surface area contributed by atoms with E-state index in [1.165, 1.54) is 4.90 Å². The molecule has 1 saturated carbocycles. The fourth-order valence-corrected chi connectivity index (χ4v) is 4.80. The summed E-state index contributed by atoms with van der Waals surface area (Å²) in [7, 11) is 0. The van der Waals surface area contributed by atoms with E-state index in [1.54, 1.807) is 0 Å². The lowest BCUT2D eigenvalue weighted by Gasteiger charge is -2.19. The third kappa shape index (κ3) is 4.14. The van der Waals surface area contributed by atoms with Crippen LogP contribution >= 0.6 is 0 Å². The lowest BCUT2D eigenvalue weighted by molar-refractivity contribution is -0.145. The van der Waals surface area contributed by atoms with Crippen molar-refractivity contribution in [2.75, 3.05) is 13.2 Å². The van der Waals surface area contributed by atoms with Crippen LogP contribution in [0.1, 0.15) is 73.7 Å². The predicted octanol–water partition coefficient (Wildman–Crippen LogP) is 2.98. The Hall–Kier alpha value is -2.44. The topological polar surface area (TPSA) is 85.7 Å². The number of hydrogen-bond donors (Lipinski definition) is 0. The molecule has 2 aliphatic rings. The van der Waals surface area contributed by atoms with Crippen LogP contribution in [0.4, 0.5) is 0 Å². The Morgan fingerprint density at radius 2 is 1.69 bits per heavy atom. The van der Waals surface area contributed by atoms with Gasteiger partial charge in [0, 0.05) is 29.5 Å². The molecule has 158 valence electrons. The average molecular weight is 402 g/mol. The summed E-state index contributed by atoms with van der Waals surface area (Å²) >= 11 is 0. The Labute approximate surface area is 171 Å². The molecule has 0 bridgehead atoms. The van der Waals surface area contributed by atoms with Crippen LogP contribution < -0.4 is 0 Å². The van der Waals surface area contributed by atoms with E-state index in [0.717, 1.165) is 37.1 Å². The SMILES string of the molecule is Cc1cc(C(=O)COC(=O)CCN2C(=O)[C@H]3CCCC[C@H]3C2=O)c(C)n1C(C)C. The minimum Gasteiger partial charge on any atom is -0.457 e. The number of ether oxygens (including phenoxy) is 1. The second-order valence-corrected chi connectivity index (χ2v) is 8.41. The highest BCUT2D eigenvalue weighted by Crippen LogP contribution is 2.38. The van der Waals surface area contributed by atoms with Crippen LogP contribution in [0.15, 0.2) is 6.07 Å². The number of nitrogens with zero attached hydrogens (tertiary/aromatic N) is 2. The van der Waals surface area contributed by atoms with Crippen LogP contribution in [0.25, 0.3) is 0 Å². The molecule has 1 aliphatic heterocycles. The van der Waals surface area contributed by atoms with Crippen molar-refractivity contribution in [3.05, 3.63) is 23.0 Å². The number of esters is 1. The van der Waals surface area contributed by atoms with Crippen LogP contribution in [-0.2, 0) is 19.1 Å². The largest absolute Gasteiger partial charge is 0.457 e. The molecule has 3 rings (SSSR count). The third-order valence-electron chi connectivity index (χ3n) is 6.14. The maximum atomic E-state index is 12.5. The predicted molar refractivity (Wildman–Crippen MR) is 106 cm³/mol. The van der Waals surface area contributed by atoms with E-state index in [1.807, 2.05) is 33.8 Å². The zero-order valence-corrected chi connectivity index (χ0v) is 17.7. The Kier molecular flexibility index (Phi) is 6.24. The van der Waals surface area contributed by atoms with Crippen molar-refractivity contribution in [2.45, 2.75) is 65.8 Å². The molecule has 7 nitrogen and oxygen atoms in total. The minimum absolute atomic E-state index is 0.0273. The van der Waals surface area contributed by atoms with Crippen molar-refractivity contribution in [3.8, 4) is 0 Å². The van der Waals surface area contributed by atoms with Gasteiger partial charge in [-0.15, -0.1) is 0 Å². The molecule has 2 heterocycles. The number of carbonyl (C=O) groups excluding carboxylic acids is 4. The van der Waals surface area contributed by atoms with E-state index in [-0.39, 0.29) is 55.0 Å². The highest BCUT2D eigenvalue weighted by Gasteiger charge is 2.47. The van der Waals surface area contributed by atoms with Gasteiger partial charge in [0.1, 0.15) is 0 Å². The number of carbonyl (C=O) groups is 4. The van der Waals surface area contributed by atoms with Crippen molar-refractivity contribution >= 4 is 23.6 Å². The first-order chi connectivity index (χ1) is 13.7. The molecule has 29 heavy (non-hydrogen) atoms. The first-order valence-electron chi connectivity index (χ1n) is 10.4. The summed E-state index contributed by atoms with van der Waals surface area (Å²) in [5, 5.41) is 0. The molecule has 2 atom stereocenters. The van der Waals surface area contributed by atoms with Gasteiger partial charge in [0.05, 0.1) is 18.3 Å². The van der Waals surface area contributed by atoms with Crippen LogP contribution in [0.3, 0.4) is 0 Å². The molecule has 7 heteroatoms. The van der Waals surface area contributed by atoms with E-state index in [4.69, 9.17) is 4.74 Å². The lowest BCUT2D eigenvalue weighted by atomic mass is 9.81. The van der Waals surface area contributed by atoms with Gasteiger partial charge in [-0.1, -0.05) is 12.8 Å². The number of aryl methyl sites for hydroxylation is 1. The summed E-state index contributed by atoms with van der Waals surface area (Å²) in [6, 6.07) is 2.05. The number of Topliss-reactive ketones (excluding diaryl/α,β-unsaturated/α-hetero) is 1. The van der Waals surface area contributed by atoms with Gasteiger partial charge in [0.2, 0.25) is 17.6 Å². The van der Waals surface area contributed by atoms with E-state index in [2.05, 4.69) is 4.57 Å². The molecule has 0 aromatic carbocycles. The lowest BCUT2D eigenvalue weighted by Crippen LogP contribution is -2.33. The van der Waals surface area contributed by atoms with Crippen molar-refractivity contribution in [2.24, 2.45) is 11.8 Å². The smallest absolute Gasteiger partial charge is 0.308 e. The quantitative estimate of drug-likeness (QED) is 0.398. The number of hydrogen-bond acceptors (Lipinski definition) is 5. The summed E-state index contributed by atoms with van der Waals surface area (Å²) in [4.78, 5) is 50.7. The van der Waals surface area contributed by atoms with E-state index in [9.17, 15) is 19.2 Å². The van der Waals surface area contributed by atoms with Crippen molar-refractivity contribution in [1.82, 2.24) is 9.47 Å². The molecule has 2 amide bonds. The van der Waals surface area contributed by atoms with Crippen LogP contribution in [0.2, 0.25) is 0 Å². The summed E-state index contributed by atoms with van der Waals surface area (Å²) in [6.07, 6.45) is 3.35. The Bertz CT molecular complexity index is 815. The number of aromatic nitrogens is 1. The van der Waals surface area contributed by atoms with E-state index < -0.39 is 5.97 Å². The van der Waals surface area contributed by atoms with Gasteiger partial charge in [0.15, 0.2) is 6.61 Å². The molecular formula is C22H30N2O5. The maximum Gasteiger partial charge on any atom is 0.308 e. The molecular weight excluding hydrogens is 372 g/mol. The number of likely N-dealkylation sites (tertiary alicyclic amines) is 1. The molecule has 1 aliphatic carbocycles. The first-order valence-corrected chi connectivity index (χ1v) is 10.4. The van der Waals surface area contributed by atoms with Crippen LogP contribution in [0, 0.1) is 25.7 Å². The van der Waals surface area contributed by atoms with Crippen LogP contribution in [-0.4, -0.2) is 46.2 Å². The normalized spacial score (nSPS) is 21.6.